The van der Waals surface area contributed by atoms with Crippen molar-refractivity contribution in [3.8, 4) is 0 Å². The second kappa shape index (κ2) is 5.37. The summed E-state index contributed by atoms with van der Waals surface area (Å²) < 4.78 is 10.2. The number of alkyl carbamates (subject to hydrolysis) is 1. The van der Waals surface area contributed by atoms with Crippen molar-refractivity contribution in [1.29, 1.82) is 0 Å². The predicted molar refractivity (Wildman–Crippen MR) is 65.0 cm³/mol. The average molecular weight is 251 g/mol. The molecule has 1 aromatic rings. The van der Waals surface area contributed by atoms with E-state index in [1.54, 1.807) is 6.92 Å². The first-order valence-electron chi connectivity index (χ1n) is 5.85. The zero-order valence-corrected chi connectivity index (χ0v) is 10.3. The van der Waals surface area contributed by atoms with Crippen LogP contribution in [0.25, 0.3) is 0 Å². The molecule has 98 valence electrons. The van der Waals surface area contributed by atoms with Crippen LogP contribution in [0.2, 0.25) is 0 Å². The van der Waals surface area contributed by atoms with Gasteiger partial charge in [-0.05, 0) is 12.5 Å². The fourth-order valence-corrected chi connectivity index (χ4v) is 1.77. The molecule has 0 radical (unpaired) electrons. The van der Waals surface area contributed by atoms with Crippen LogP contribution in [0.1, 0.15) is 12.5 Å². The smallest absolute Gasteiger partial charge is 0.407 e. The van der Waals surface area contributed by atoms with Crippen LogP contribution in [0.5, 0.6) is 0 Å². The number of aliphatic hydroxyl groups is 1. The molecule has 1 amide bonds. The van der Waals surface area contributed by atoms with Crippen LogP contribution in [0.15, 0.2) is 30.3 Å². The first kappa shape index (κ1) is 12.9. The van der Waals surface area contributed by atoms with Crippen molar-refractivity contribution in [1.82, 2.24) is 5.32 Å². The highest BCUT2D eigenvalue weighted by Crippen LogP contribution is 2.18. The molecule has 2 N–H and O–H groups in total. The van der Waals surface area contributed by atoms with Gasteiger partial charge in [0, 0.05) is 0 Å². The minimum absolute atomic E-state index is 0.211. The lowest BCUT2D eigenvalue weighted by Crippen LogP contribution is -2.50. The molecule has 2 unspecified atom stereocenters. The van der Waals surface area contributed by atoms with Crippen molar-refractivity contribution in [2.24, 2.45) is 0 Å². The molecule has 1 aliphatic rings. The Balaban J connectivity index is 1.79. The third-order valence-electron chi connectivity index (χ3n) is 2.93. The van der Waals surface area contributed by atoms with E-state index in [4.69, 9.17) is 9.47 Å². The third-order valence-corrected chi connectivity index (χ3v) is 2.93. The fraction of sp³-hybridized carbons (Fsp3) is 0.462. The van der Waals surface area contributed by atoms with Crippen molar-refractivity contribution in [3.63, 3.8) is 0 Å². The summed E-state index contributed by atoms with van der Waals surface area (Å²) in [6, 6.07) is 8.99. The molecule has 1 aliphatic heterocycles. The van der Waals surface area contributed by atoms with Gasteiger partial charge in [-0.3, -0.25) is 0 Å². The molecule has 18 heavy (non-hydrogen) atoms. The number of nitrogens with one attached hydrogen (secondary N) is 1. The van der Waals surface area contributed by atoms with Crippen LogP contribution in [0.3, 0.4) is 0 Å². The molecule has 1 aromatic carbocycles. The van der Waals surface area contributed by atoms with Gasteiger partial charge in [0.25, 0.3) is 0 Å². The summed E-state index contributed by atoms with van der Waals surface area (Å²) in [7, 11) is 0. The standard InChI is InChI=1S/C13H17NO4/c1-13(16)9-17-8-11(13)14-12(15)18-7-10-5-3-2-4-6-10/h2-6,11,16H,7-9H2,1H3,(H,14,15). The minimum atomic E-state index is -1.04. The lowest BCUT2D eigenvalue weighted by molar-refractivity contribution is 0.0280. The number of carbonyl (C=O) groups excluding carboxylic acids is 1. The number of benzene rings is 1. The summed E-state index contributed by atoms with van der Waals surface area (Å²) in [5.41, 5.74) is -0.117. The highest BCUT2D eigenvalue weighted by Gasteiger charge is 2.39. The van der Waals surface area contributed by atoms with Gasteiger partial charge < -0.3 is 19.9 Å². The molecule has 0 spiro atoms. The molecule has 2 atom stereocenters. The molecule has 1 heterocycles. The van der Waals surface area contributed by atoms with Crippen LogP contribution in [0, 0.1) is 0 Å². The summed E-state index contributed by atoms with van der Waals surface area (Å²) in [4.78, 5) is 11.6. The first-order chi connectivity index (χ1) is 8.58. The molecule has 0 saturated carbocycles. The summed E-state index contributed by atoms with van der Waals surface area (Å²) in [6.07, 6.45) is -0.547. The summed E-state index contributed by atoms with van der Waals surface area (Å²) >= 11 is 0. The number of ether oxygens (including phenoxy) is 2. The first-order valence-corrected chi connectivity index (χ1v) is 5.85. The maximum Gasteiger partial charge on any atom is 0.407 e. The van der Waals surface area contributed by atoms with Gasteiger partial charge >= 0.3 is 6.09 Å². The molecule has 2 rings (SSSR count). The van der Waals surface area contributed by atoms with Crippen LogP contribution in [-0.2, 0) is 16.1 Å². The average Bonchev–Trinajstić information content (AvgIpc) is 2.68. The lowest BCUT2D eigenvalue weighted by Gasteiger charge is -2.23. The van der Waals surface area contributed by atoms with Crippen molar-refractivity contribution in [2.75, 3.05) is 13.2 Å². The summed E-state index contributed by atoms with van der Waals surface area (Å²) in [5.74, 6) is 0. The van der Waals surface area contributed by atoms with E-state index in [0.29, 0.717) is 6.61 Å². The number of rotatable bonds is 3. The Kier molecular flexibility index (Phi) is 3.84. The van der Waals surface area contributed by atoms with Crippen molar-refractivity contribution >= 4 is 6.09 Å². The predicted octanol–water partition coefficient (Wildman–Crippen LogP) is 1.06. The Hall–Kier alpha value is -1.59. The van der Waals surface area contributed by atoms with Gasteiger partial charge in [-0.25, -0.2) is 4.79 Å². The zero-order chi connectivity index (χ0) is 13.0. The molecule has 5 nitrogen and oxygen atoms in total. The van der Waals surface area contributed by atoms with E-state index in [0.717, 1.165) is 5.56 Å². The zero-order valence-electron chi connectivity index (χ0n) is 10.3. The Morgan fingerprint density at radius 2 is 2.28 bits per heavy atom. The van der Waals surface area contributed by atoms with E-state index in [1.807, 2.05) is 30.3 Å². The quantitative estimate of drug-likeness (QED) is 0.843. The van der Waals surface area contributed by atoms with Crippen LogP contribution < -0.4 is 5.32 Å². The van der Waals surface area contributed by atoms with E-state index in [9.17, 15) is 9.90 Å². The monoisotopic (exact) mass is 251 g/mol. The Labute approximate surface area is 106 Å². The van der Waals surface area contributed by atoms with Gasteiger partial charge in [0.2, 0.25) is 0 Å². The van der Waals surface area contributed by atoms with Gasteiger partial charge in [0.1, 0.15) is 12.2 Å². The highest BCUT2D eigenvalue weighted by atomic mass is 16.6. The number of hydrogen-bond acceptors (Lipinski definition) is 4. The lowest BCUT2D eigenvalue weighted by atomic mass is 10.0. The SMILES string of the molecule is CC1(O)COCC1NC(=O)OCc1ccccc1. The van der Waals surface area contributed by atoms with Gasteiger partial charge in [0.05, 0.1) is 19.3 Å². The largest absolute Gasteiger partial charge is 0.445 e. The van der Waals surface area contributed by atoms with Crippen LogP contribution >= 0.6 is 0 Å². The minimum Gasteiger partial charge on any atom is -0.445 e. The van der Waals surface area contributed by atoms with Gasteiger partial charge in [-0.2, -0.15) is 0 Å². The van der Waals surface area contributed by atoms with E-state index in [-0.39, 0.29) is 13.2 Å². The second-order valence-electron chi connectivity index (χ2n) is 4.63. The Morgan fingerprint density at radius 1 is 1.56 bits per heavy atom. The summed E-state index contributed by atoms with van der Waals surface area (Å²) in [5, 5.41) is 12.5. The van der Waals surface area contributed by atoms with Gasteiger partial charge in [0.15, 0.2) is 0 Å². The molecule has 1 saturated heterocycles. The molecule has 0 aliphatic carbocycles. The van der Waals surface area contributed by atoms with Gasteiger partial charge in [-0.15, -0.1) is 0 Å². The van der Waals surface area contributed by atoms with Crippen molar-refractivity contribution < 1.29 is 19.4 Å². The van der Waals surface area contributed by atoms with E-state index < -0.39 is 17.7 Å². The number of amides is 1. The van der Waals surface area contributed by atoms with E-state index >= 15 is 0 Å². The van der Waals surface area contributed by atoms with Crippen molar-refractivity contribution in [2.45, 2.75) is 25.2 Å². The molecule has 0 bridgehead atoms. The summed E-state index contributed by atoms with van der Waals surface area (Å²) in [6.45, 7) is 2.36. The maximum atomic E-state index is 11.6. The Bertz CT molecular complexity index is 405. The third kappa shape index (κ3) is 3.21. The van der Waals surface area contributed by atoms with Crippen molar-refractivity contribution in [3.05, 3.63) is 35.9 Å². The number of carbonyl (C=O) groups is 1. The molecule has 5 heteroatoms. The molecular formula is C13H17NO4. The molecule has 0 aromatic heterocycles. The molecular weight excluding hydrogens is 234 g/mol. The molecule has 1 fully saturated rings. The highest BCUT2D eigenvalue weighted by molar-refractivity contribution is 5.67. The normalized spacial score (nSPS) is 26.9. The maximum absolute atomic E-state index is 11.6. The van der Waals surface area contributed by atoms with Crippen LogP contribution in [0.4, 0.5) is 4.79 Å². The van der Waals surface area contributed by atoms with E-state index in [1.165, 1.54) is 0 Å². The number of hydrogen-bond donors (Lipinski definition) is 2. The Morgan fingerprint density at radius 3 is 2.89 bits per heavy atom. The van der Waals surface area contributed by atoms with Gasteiger partial charge in [-0.1, -0.05) is 30.3 Å². The fourth-order valence-electron chi connectivity index (χ4n) is 1.77. The topological polar surface area (TPSA) is 67.8 Å². The van der Waals surface area contributed by atoms with E-state index in [2.05, 4.69) is 5.32 Å². The van der Waals surface area contributed by atoms with Crippen LogP contribution in [-0.4, -0.2) is 36.1 Å². The second-order valence-corrected chi connectivity index (χ2v) is 4.63.